The molecule has 1 aliphatic heterocycles. The average Bonchev–Trinajstić information content (AvgIpc) is 2.73. The average molecular weight is 451 g/mol. The Morgan fingerprint density at radius 2 is 1.81 bits per heavy atom. The number of ether oxygens (including phenoxy) is 1. The van der Waals surface area contributed by atoms with Gasteiger partial charge in [0.25, 0.3) is 5.56 Å². The second kappa shape index (κ2) is 8.80. The number of halogens is 3. The van der Waals surface area contributed by atoms with Crippen LogP contribution in [0.4, 0.5) is 13.2 Å². The van der Waals surface area contributed by atoms with Gasteiger partial charge in [0.05, 0.1) is 34.8 Å². The highest BCUT2D eigenvalue weighted by molar-refractivity contribution is 7.81. The van der Waals surface area contributed by atoms with Gasteiger partial charge in [-0.2, -0.15) is 4.98 Å². The van der Waals surface area contributed by atoms with Crippen LogP contribution in [0.1, 0.15) is 18.4 Å². The molecule has 1 aromatic heterocycles. The summed E-state index contributed by atoms with van der Waals surface area (Å²) >= 11 is 0. The van der Waals surface area contributed by atoms with Gasteiger partial charge in [0.1, 0.15) is 29.3 Å². The van der Waals surface area contributed by atoms with Gasteiger partial charge in [0.2, 0.25) is 0 Å². The van der Waals surface area contributed by atoms with Crippen LogP contribution in [0.25, 0.3) is 10.9 Å². The Bertz CT molecular complexity index is 1190. The van der Waals surface area contributed by atoms with Gasteiger partial charge in [-0.15, -0.1) is 0 Å². The van der Waals surface area contributed by atoms with Gasteiger partial charge in [0.15, 0.2) is 0 Å². The molecule has 0 amide bonds. The standard InChI is InChI=1S/C21H20F3N3O3S/c1-31(29)27-6-4-14(5-7-27)30-15-2-3-20-16(10-15)21(28)25-12-26(20)11-17-18(23)8-13(22)9-19(17)24/h2-3,8-10,12,14H,4-7,11H2,1H3. The van der Waals surface area contributed by atoms with Crippen molar-refractivity contribution in [1.29, 1.82) is 0 Å². The summed E-state index contributed by atoms with van der Waals surface area (Å²) in [6.07, 6.45) is 4.19. The summed E-state index contributed by atoms with van der Waals surface area (Å²) in [7, 11) is -1.01. The molecule has 164 valence electrons. The molecule has 0 radical (unpaired) electrons. The summed E-state index contributed by atoms with van der Waals surface area (Å²) in [5.41, 5.74) is -0.395. The number of rotatable bonds is 5. The quantitative estimate of drug-likeness (QED) is 0.598. The van der Waals surface area contributed by atoms with Gasteiger partial charge in [-0.05, 0) is 31.0 Å². The van der Waals surface area contributed by atoms with Crippen molar-refractivity contribution in [2.45, 2.75) is 25.5 Å². The lowest BCUT2D eigenvalue weighted by Crippen LogP contribution is -2.38. The van der Waals surface area contributed by atoms with E-state index in [4.69, 9.17) is 4.74 Å². The normalized spacial score (nSPS) is 16.5. The van der Waals surface area contributed by atoms with Crippen LogP contribution in [0.3, 0.4) is 0 Å². The lowest BCUT2D eigenvalue weighted by Gasteiger charge is -2.30. The van der Waals surface area contributed by atoms with E-state index < -0.39 is 34.0 Å². The molecule has 1 saturated heterocycles. The predicted molar refractivity (Wildman–Crippen MR) is 111 cm³/mol. The van der Waals surface area contributed by atoms with Crippen LogP contribution in [0.15, 0.2) is 41.5 Å². The number of fused-ring (bicyclic) bond motifs is 1. The van der Waals surface area contributed by atoms with Crippen molar-refractivity contribution < 1.29 is 22.1 Å². The van der Waals surface area contributed by atoms with Crippen LogP contribution >= 0.6 is 0 Å². The second-order valence-corrected chi connectivity index (χ2v) is 8.74. The van der Waals surface area contributed by atoms with E-state index in [2.05, 4.69) is 4.98 Å². The maximum atomic E-state index is 14.1. The first-order valence-corrected chi connectivity index (χ1v) is 11.2. The van der Waals surface area contributed by atoms with Gasteiger partial charge in [-0.25, -0.2) is 21.7 Å². The number of nitrogens with zero attached hydrogens (tertiary/aromatic N) is 3. The van der Waals surface area contributed by atoms with E-state index in [1.165, 1.54) is 10.9 Å². The van der Waals surface area contributed by atoms with Gasteiger partial charge in [-0.3, -0.25) is 4.79 Å². The predicted octanol–water partition coefficient (Wildman–Crippen LogP) is 3.00. The molecule has 0 aliphatic carbocycles. The van der Waals surface area contributed by atoms with Crippen LogP contribution in [0.5, 0.6) is 5.75 Å². The minimum absolute atomic E-state index is 0.0708. The lowest BCUT2D eigenvalue weighted by atomic mass is 10.1. The molecule has 1 aliphatic rings. The fourth-order valence-electron chi connectivity index (χ4n) is 3.68. The molecule has 2 heterocycles. The van der Waals surface area contributed by atoms with Crippen molar-refractivity contribution in [3.05, 3.63) is 70.0 Å². The number of benzene rings is 2. The molecule has 0 saturated carbocycles. The summed E-state index contributed by atoms with van der Waals surface area (Å²) in [6, 6.07) is 6.09. The molecule has 31 heavy (non-hydrogen) atoms. The smallest absolute Gasteiger partial charge is 0.280 e. The first-order chi connectivity index (χ1) is 14.8. The summed E-state index contributed by atoms with van der Waals surface area (Å²) in [6.45, 7) is 1.06. The Kier molecular flexibility index (Phi) is 6.10. The molecule has 6 nitrogen and oxygen atoms in total. The van der Waals surface area contributed by atoms with Crippen molar-refractivity contribution in [1.82, 2.24) is 13.9 Å². The van der Waals surface area contributed by atoms with Crippen LogP contribution in [0.2, 0.25) is 0 Å². The Morgan fingerprint density at radius 1 is 1.13 bits per heavy atom. The Labute approximate surface area is 178 Å². The molecule has 1 fully saturated rings. The van der Waals surface area contributed by atoms with E-state index in [1.807, 2.05) is 4.31 Å². The van der Waals surface area contributed by atoms with Gasteiger partial charge >= 0.3 is 0 Å². The first-order valence-electron chi connectivity index (χ1n) is 9.69. The van der Waals surface area contributed by atoms with Crippen molar-refractivity contribution in [3.63, 3.8) is 0 Å². The molecule has 4 rings (SSSR count). The third-order valence-corrected chi connectivity index (χ3v) is 6.42. The SMILES string of the molecule is CS(=O)N1CCC(Oc2ccc3c(c2)c(=O)ncn3Cc2c(F)cc(F)cc2F)CC1. The van der Waals surface area contributed by atoms with Crippen molar-refractivity contribution in [3.8, 4) is 5.75 Å². The number of aromatic nitrogens is 2. The summed E-state index contributed by atoms with van der Waals surface area (Å²) in [5, 5.41) is 0.245. The van der Waals surface area contributed by atoms with Gasteiger partial charge < -0.3 is 9.30 Å². The van der Waals surface area contributed by atoms with E-state index in [1.54, 1.807) is 24.5 Å². The number of hydrogen-bond donors (Lipinski definition) is 0. The van der Waals surface area contributed by atoms with Crippen molar-refractivity contribution in [2.24, 2.45) is 0 Å². The molecule has 2 aromatic carbocycles. The second-order valence-electron chi connectivity index (χ2n) is 7.37. The zero-order valence-electron chi connectivity index (χ0n) is 16.7. The highest BCUT2D eigenvalue weighted by Crippen LogP contribution is 2.24. The molecule has 3 aromatic rings. The lowest BCUT2D eigenvalue weighted by molar-refractivity contribution is 0.137. The van der Waals surface area contributed by atoms with Crippen LogP contribution < -0.4 is 10.3 Å². The van der Waals surface area contributed by atoms with E-state index >= 15 is 0 Å². The maximum absolute atomic E-state index is 14.1. The Balaban J connectivity index is 1.59. The van der Waals surface area contributed by atoms with Crippen molar-refractivity contribution in [2.75, 3.05) is 19.3 Å². The highest BCUT2D eigenvalue weighted by atomic mass is 32.2. The third kappa shape index (κ3) is 4.64. The number of hydrogen-bond acceptors (Lipinski definition) is 4. The monoisotopic (exact) mass is 451 g/mol. The molecule has 0 N–H and O–H groups in total. The molecular formula is C21H20F3N3O3S. The largest absolute Gasteiger partial charge is 0.490 e. The summed E-state index contributed by atoms with van der Waals surface area (Å²) < 4.78 is 62.1. The molecule has 0 bridgehead atoms. The van der Waals surface area contributed by atoms with Crippen LogP contribution in [-0.4, -0.2) is 43.5 Å². The molecule has 0 spiro atoms. The van der Waals surface area contributed by atoms with Gasteiger partial charge in [0, 0.05) is 37.0 Å². The highest BCUT2D eigenvalue weighted by Gasteiger charge is 2.22. The molecule has 1 unspecified atom stereocenters. The van der Waals surface area contributed by atoms with E-state index in [0.29, 0.717) is 49.3 Å². The van der Waals surface area contributed by atoms with Crippen molar-refractivity contribution >= 4 is 21.9 Å². The summed E-state index contributed by atoms with van der Waals surface area (Å²) in [5.74, 6) is -2.54. The van der Waals surface area contributed by atoms with Gasteiger partial charge in [-0.1, -0.05) is 0 Å². The Morgan fingerprint density at radius 3 is 2.45 bits per heavy atom. The zero-order valence-corrected chi connectivity index (χ0v) is 17.5. The molecule has 1 atom stereocenters. The van der Waals surface area contributed by atoms with Crippen LogP contribution in [0, 0.1) is 17.5 Å². The maximum Gasteiger partial charge on any atom is 0.280 e. The molecule has 10 heteroatoms. The minimum atomic E-state index is -1.01. The minimum Gasteiger partial charge on any atom is -0.490 e. The molecular weight excluding hydrogens is 431 g/mol. The third-order valence-electron chi connectivity index (χ3n) is 5.32. The van der Waals surface area contributed by atoms with Crippen LogP contribution in [-0.2, 0) is 17.5 Å². The number of piperidine rings is 1. The fourth-order valence-corrected chi connectivity index (χ4v) is 4.41. The van der Waals surface area contributed by atoms with E-state index in [-0.39, 0.29) is 23.6 Å². The zero-order chi connectivity index (χ0) is 22.1. The Hall–Kier alpha value is -2.72. The van der Waals surface area contributed by atoms with E-state index in [0.717, 1.165) is 0 Å². The topological polar surface area (TPSA) is 64.4 Å². The summed E-state index contributed by atoms with van der Waals surface area (Å²) in [4.78, 5) is 16.1. The van der Waals surface area contributed by atoms with E-state index in [9.17, 15) is 22.2 Å². The fraction of sp³-hybridized carbons (Fsp3) is 0.333. The first kappa shape index (κ1) is 21.5.